The molecule has 0 spiro atoms. The number of methoxy groups -OCH3 is 1. The van der Waals surface area contributed by atoms with E-state index in [9.17, 15) is 0 Å². The van der Waals surface area contributed by atoms with E-state index in [1.807, 2.05) is 42.6 Å². The maximum atomic E-state index is 5.27. The van der Waals surface area contributed by atoms with E-state index in [1.165, 1.54) is 5.56 Å². The number of pyridine rings is 1. The third-order valence-electron chi connectivity index (χ3n) is 3.83. The van der Waals surface area contributed by atoms with Gasteiger partial charge >= 0.3 is 0 Å². The highest BCUT2D eigenvalue weighted by Gasteiger charge is 2.10. The zero-order chi connectivity index (χ0) is 16.8. The molecule has 4 nitrogen and oxygen atoms in total. The number of hydrogen-bond acceptors (Lipinski definition) is 4. The molecule has 124 valence electrons. The van der Waals surface area contributed by atoms with Crippen LogP contribution in [0.15, 0.2) is 65.1 Å². The quantitative estimate of drug-likeness (QED) is 0.683. The van der Waals surface area contributed by atoms with E-state index in [2.05, 4.69) is 34.0 Å². The molecule has 0 radical (unpaired) electrons. The molecule has 1 aromatic carbocycles. The van der Waals surface area contributed by atoms with Gasteiger partial charge in [-0.15, -0.1) is 11.3 Å². The lowest BCUT2D eigenvalue weighted by Gasteiger charge is -2.10. The summed E-state index contributed by atoms with van der Waals surface area (Å²) in [5.74, 6) is 0. The van der Waals surface area contributed by atoms with Crippen molar-refractivity contribution in [3.05, 3.63) is 70.5 Å². The molecule has 5 heteroatoms. The first-order chi connectivity index (χ1) is 11.8. The van der Waals surface area contributed by atoms with Crippen molar-refractivity contribution in [1.29, 1.82) is 0 Å². The van der Waals surface area contributed by atoms with Crippen LogP contribution in [-0.2, 0) is 11.3 Å². The van der Waals surface area contributed by atoms with Crippen LogP contribution >= 0.6 is 11.3 Å². The lowest BCUT2D eigenvalue weighted by Crippen LogP contribution is -2.20. The maximum Gasteiger partial charge on any atom is 0.185 e. The lowest BCUT2D eigenvalue weighted by atomic mass is 10.1. The Balaban J connectivity index is 2.01. The molecule has 0 saturated heterocycles. The van der Waals surface area contributed by atoms with Crippen molar-refractivity contribution in [3.63, 3.8) is 0 Å². The minimum absolute atomic E-state index is 0.107. The molecule has 0 bridgehead atoms. The van der Waals surface area contributed by atoms with Crippen molar-refractivity contribution < 1.29 is 4.74 Å². The van der Waals surface area contributed by atoms with Crippen LogP contribution in [0.25, 0.3) is 11.4 Å². The minimum Gasteiger partial charge on any atom is -0.383 e. The van der Waals surface area contributed by atoms with Crippen LogP contribution in [0.5, 0.6) is 0 Å². The molecule has 24 heavy (non-hydrogen) atoms. The van der Waals surface area contributed by atoms with E-state index in [0.29, 0.717) is 6.61 Å². The van der Waals surface area contributed by atoms with Gasteiger partial charge in [-0.2, -0.15) is 0 Å². The second-order valence-electron chi connectivity index (χ2n) is 5.48. The van der Waals surface area contributed by atoms with Gasteiger partial charge in [0.25, 0.3) is 0 Å². The van der Waals surface area contributed by atoms with Gasteiger partial charge in [-0.25, -0.2) is 0 Å². The molecule has 0 amide bonds. The molecule has 1 atom stereocenters. The molecule has 3 aromatic rings. The van der Waals surface area contributed by atoms with Gasteiger partial charge in [-0.05, 0) is 24.6 Å². The Morgan fingerprint density at radius 1 is 1.17 bits per heavy atom. The Kier molecular flexibility index (Phi) is 5.56. The molecule has 1 unspecified atom stereocenters. The molecule has 0 aliphatic carbocycles. The summed E-state index contributed by atoms with van der Waals surface area (Å²) in [6.45, 7) is 3.52. The molecule has 0 N–H and O–H groups in total. The normalized spacial score (nSPS) is 13.2. The van der Waals surface area contributed by atoms with Gasteiger partial charge in [0.15, 0.2) is 4.80 Å². The van der Waals surface area contributed by atoms with Crippen LogP contribution < -0.4 is 4.80 Å². The van der Waals surface area contributed by atoms with E-state index in [4.69, 9.17) is 9.73 Å². The standard InChI is InChI=1S/C19H21N3OS/c1-15(16-8-4-3-5-9-16)21-19-22(12-13-23-2)18(14-24-19)17-10-6-7-11-20-17/h3-11,14-15H,12-13H2,1-2H3. The topological polar surface area (TPSA) is 39.4 Å². The van der Waals surface area contributed by atoms with Crippen LogP contribution in [0, 0.1) is 0 Å². The van der Waals surface area contributed by atoms with Crippen LogP contribution in [0.4, 0.5) is 0 Å². The number of nitrogens with zero attached hydrogens (tertiary/aromatic N) is 3. The third-order valence-corrected chi connectivity index (χ3v) is 4.71. The molecule has 2 aromatic heterocycles. The Hall–Kier alpha value is -2.24. The minimum atomic E-state index is 0.107. The van der Waals surface area contributed by atoms with Crippen LogP contribution in [-0.4, -0.2) is 23.3 Å². The monoisotopic (exact) mass is 339 g/mol. The fourth-order valence-corrected chi connectivity index (χ4v) is 3.52. The molecule has 0 aliphatic heterocycles. The number of thiazole rings is 1. The van der Waals surface area contributed by atoms with Gasteiger partial charge in [-0.3, -0.25) is 9.98 Å². The van der Waals surface area contributed by atoms with Gasteiger partial charge in [0.1, 0.15) is 0 Å². The first kappa shape index (κ1) is 16.6. The zero-order valence-corrected chi connectivity index (χ0v) is 14.7. The molecule has 0 saturated carbocycles. The average Bonchev–Trinajstić information content (AvgIpc) is 3.04. The van der Waals surface area contributed by atoms with Crippen LogP contribution in [0.1, 0.15) is 18.5 Å². The second kappa shape index (κ2) is 8.04. The zero-order valence-electron chi connectivity index (χ0n) is 13.9. The van der Waals surface area contributed by atoms with Gasteiger partial charge in [0.2, 0.25) is 0 Å². The molecular weight excluding hydrogens is 318 g/mol. The first-order valence-electron chi connectivity index (χ1n) is 7.97. The Morgan fingerprint density at radius 2 is 1.96 bits per heavy atom. The summed E-state index contributed by atoms with van der Waals surface area (Å²) in [4.78, 5) is 10.4. The largest absolute Gasteiger partial charge is 0.383 e. The first-order valence-corrected chi connectivity index (χ1v) is 8.85. The van der Waals surface area contributed by atoms with Crippen molar-refractivity contribution >= 4 is 11.3 Å². The lowest BCUT2D eigenvalue weighted by molar-refractivity contribution is 0.187. The van der Waals surface area contributed by atoms with Crippen molar-refractivity contribution in [2.45, 2.75) is 19.5 Å². The Labute approximate surface area is 146 Å². The van der Waals surface area contributed by atoms with E-state index < -0.39 is 0 Å². The predicted molar refractivity (Wildman–Crippen MR) is 97.8 cm³/mol. The smallest absolute Gasteiger partial charge is 0.185 e. The Bertz CT molecular complexity index is 825. The van der Waals surface area contributed by atoms with E-state index in [0.717, 1.165) is 22.7 Å². The van der Waals surface area contributed by atoms with Crippen LogP contribution in [0.3, 0.4) is 0 Å². The maximum absolute atomic E-state index is 5.27. The summed E-state index contributed by atoms with van der Waals surface area (Å²) < 4.78 is 7.46. The number of hydrogen-bond donors (Lipinski definition) is 0. The Morgan fingerprint density at radius 3 is 2.67 bits per heavy atom. The van der Waals surface area contributed by atoms with Gasteiger partial charge < -0.3 is 9.30 Å². The SMILES string of the molecule is COCCn1c(-c2ccccn2)csc1=NC(C)c1ccccc1. The fourth-order valence-electron chi connectivity index (χ4n) is 2.52. The van der Waals surface area contributed by atoms with Gasteiger partial charge in [0.05, 0.1) is 24.0 Å². The van der Waals surface area contributed by atoms with E-state index in [-0.39, 0.29) is 6.04 Å². The number of ether oxygens (including phenoxy) is 1. The van der Waals surface area contributed by atoms with Crippen LogP contribution in [0.2, 0.25) is 0 Å². The van der Waals surface area contributed by atoms with Gasteiger partial charge in [-0.1, -0.05) is 36.4 Å². The summed E-state index contributed by atoms with van der Waals surface area (Å²) in [6.07, 6.45) is 1.82. The number of rotatable bonds is 6. The summed E-state index contributed by atoms with van der Waals surface area (Å²) >= 11 is 1.65. The van der Waals surface area contributed by atoms with Crippen molar-refractivity contribution in [2.24, 2.45) is 4.99 Å². The van der Waals surface area contributed by atoms with Crippen molar-refractivity contribution in [3.8, 4) is 11.4 Å². The van der Waals surface area contributed by atoms with Crippen molar-refractivity contribution in [2.75, 3.05) is 13.7 Å². The van der Waals surface area contributed by atoms with E-state index in [1.54, 1.807) is 18.4 Å². The fraction of sp³-hybridized carbons (Fsp3) is 0.263. The van der Waals surface area contributed by atoms with E-state index >= 15 is 0 Å². The average molecular weight is 339 g/mol. The van der Waals surface area contributed by atoms with Gasteiger partial charge in [0, 0.05) is 25.2 Å². The predicted octanol–water partition coefficient (Wildman–Crippen LogP) is 3.92. The molecule has 2 heterocycles. The highest BCUT2D eigenvalue weighted by molar-refractivity contribution is 7.07. The third kappa shape index (κ3) is 3.80. The summed E-state index contributed by atoms with van der Waals surface area (Å²) in [7, 11) is 1.72. The second-order valence-corrected chi connectivity index (χ2v) is 6.32. The molecule has 3 rings (SSSR count). The molecular formula is C19H21N3OS. The number of benzene rings is 1. The summed E-state index contributed by atoms with van der Waals surface area (Å²) in [5.41, 5.74) is 3.25. The molecule has 0 aliphatic rings. The van der Waals surface area contributed by atoms with Crippen molar-refractivity contribution in [1.82, 2.24) is 9.55 Å². The highest BCUT2D eigenvalue weighted by atomic mass is 32.1. The highest BCUT2D eigenvalue weighted by Crippen LogP contribution is 2.19. The summed E-state index contributed by atoms with van der Waals surface area (Å²) in [5, 5.41) is 2.12. The number of aromatic nitrogens is 2. The molecule has 0 fully saturated rings. The summed E-state index contributed by atoms with van der Waals surface area (Å²) in [6, 6.07) is 16.4.